The molecule has 1 aromatic heterocycles. The highest BCUT2D eigenvalue weighted by Gasteiger charge is 2.17. The average Bonchev–Trinajstić information content (AvgIpc) is 3.07. The normalized spacial score (nSPS) is 14.0. The summed E-state index contributed by atoms with van der Waals surface area (Å²) in [7, 11) is -3.27. The van der Waals surface area contributed by atoms with Crippen molar-refractivity contribution in [2.45, 2.75) is 39.2 Å². The summed E-state index contributed by atoms with van der Waals surface area (Å²) in [5.41, 5.74) is 2.67. The van der Waals surface area contributed by atoms with Crippen LogP contribution < -0.4 is 4.72 Å². The van der Waals surface area contributed by atoms with E-state index in [1.807, 2.05) is 31.3 Å². The molecule has 3 rings (SSSR count). The van der Waals surface area contributed by atoms with Gasteiger partial charge in [-0.3, -0.25) is 4.72 Å². The van der Waals surface area contributed by atoms with E-state index in [0.29, 0.717) is 12.1 Å². The fraction of sp³-hybridized carbons (Fsp3) is 0.438. The molecule has 5 nitrogen and oxygen atoms in total. The third-order valence-corrected chi connectivity index (χ3v) is 5.29. The highest BCUT2D eigenvalue weighted by atomic mass is 32.2. The van der Waals surface area contributed by atoms with Crippen molar-refractivity contribution >= 4 is 15.7 Å². The molecule has 6 heteroatoms. The zero-order valence-electron chi connectivity index (χ0n) is 12.7. The van der Waals surface area contributed by atoms with Gasteiger partial charge in [0.15, 0.2) is 0 Å². The van der Waals surface area contributed by atoms with E-state index in [2.05, 4.69) is 14.3 Å². The van der Waals surface area contributed by atoms with E-state index in [4.69, 9.17) is 0 Å². The molecule has 1 aromatic carbocycles. The molecule has 0 unspecified atom stereocenters. The highest BCUT2D eigenvalue weighted by molar-refractivity contribution is 7.92. The minimum Gasteiger partial charge on any atom is -0.328 e. The van der Waals surface area contributed by atoms with Gasteiger partial charge in [0.05, 0.1) is 17.6 Å². The second kappa shape index (κ2) is 6.12. The first-order valence-electron chi connectivity index (χ1n) is 7.74. The van der Waals surface area contributed by atoms with Gasteiger partial charge in [-0.05, 0) is 25.0 Å². The summed E-state index contributed by atoms with van der Waals surface area (Å²) in [5, 5.41) is 0. The van der Waals surface area contributed by atoms with Gasteiger partial charge in [-0.1, -0.05) is 25.5 Å². The lowest BCUT2D eigenvalue weighted by atomic mass is 10.1. The first-order chi connectivity index (χ1) is 10.6. The fourth-order valence-corrected chi connectivity index (χ4v) is 4.05. The van der Waals surface area contributed by atoms with Crippen molar-refractivity contribution in [1.82, 2.24) is 9.55 Å². The van der Waals surface area contributed by atoms with E-state index in [1.165, 1.54) is 0 Å². The van der Waals surface area contributed by atoms with Gasteiger partial charge in [0.25, 0.3) is 0 Å². The number of nitrogens with zero attached hydrogens (tertiary/aromatic N) is 2. The smallest absolute Gasteiger partial charge is 0.232 e. The molecule has 1 aliphatic rings. The summed E-state index contributed by atoms with van der Waals surface area (Å²) in [6, 6.07) is 7.54. The van der Waals surface area contributed by atoms with Crippen molar-refractivity contribution < 1.29 is 8.42 Å². The number of imidazole rings is 1. The van der Waals surface area contributed by atoms with Gasteiger partial charge < -0.3 is 4.57 Å². The number of unbranched alkanes of at least 4 members (excludes halogenated alkanes) is 1. The molecule has 0 fully saturated rings. The molecule has 0 bridgehead atoms. The summed E-state index contributed by atoms with van der Waals surface area (Å²) >= 11 is 0. The molecule has 1 N–H and O–H groups in total. The topological polar surface area (TPSA) is 64.0 Å². The van der Waals surface area contributed by atoms with Gasteiger partial charge in [0.1, 0.15) is 5.82 Å². The predicted molar refractivity (Wildman–Crippen MR) is 88.3 cm³/mol. The first kappa shape index (κ1) is 15.1. The largest absolute Gasteiger partial charge is 0.328 e. The molecule has 0 amide bonds. The molecule has 0 saturated carbocycles. The lowest BCUT2D eigenvalue weighted by molar-refractivity contribution is 0.598. The van der Waals surface area contributed by atoms with Crippen molar-refractivity contribution in [1.29, 1.82) is 0 Å². The van der Waals surface area contributed by atoms with E-state index in [9.17, 15) is 8.42 Å². The number of aryl methyl sites for hydroxylation is 1. The monoisotopic (exact) mass is 319 g/mol. The maximum atomic E-state index is 12.0. The third-order valence-electron chi connectivity index (χ3n) is 3.92. The Bertz CT molecular complexity index is 765. The van der Waals surface area contributed by atoms with Crippen LogP contribution in [0.4, 0.5) is 5.69 Å². The van der Waals surface area contributed by atoms with Gasteiger partial charge in [-0.15, -0.1) is 0 Å². The molecule has 0 radical (unpaired) electrons. The molecule has 2 heterocycles. The quantitative estimate of drug-likeness (QED) is 0.890. The molecular weight excluding hydrogens is 298 g/mol. The summed E-state index contributed by atoms with van der Waals surface area (Å²) in [6.45, 7) is 2.97. The molecule has 118 valence electrons. The number of nitrogens with one attached hydrogen (secondary N) is 1. The molecule has 0 aliphatic carbocycles. The van der Waals surface area contributed by atoms with Crippen LogP contribution >= 0.6 is 0 Å². The molecule has 2 aromatic rings. The number of rotatable bonds is 6. The van der Waals surface area contributed by atoms with Crippen molar-refractivity contribution in [2.75, 3.05) is 10.5 Å². The minimum atomic E-state index is -3.27. The molecule has 0 saturated heterocycles. The van der Waals surface area contributed by atoms with E-state index in [1.54, 1.807) is 6.07 Å². The SMILES string of the molecule is CCCCS(=O)(=O)Nc1cccc(-c2cnc3n2CCC3)c1. The number of sulfonamides is 1. The molecule has 22 heavy (non-hydrogen) atoms. The average molecular weight is 319 g/mol. The fourth-order valence-electron chi connectivity index (χ4n) is 2.80. The van der Waals surface area contributed by atoms with E-state index >= 15 is 0 Å². The Hall–Kier alpha value is -1.82. The van der Waals surface area contributed by atoms with Gasteiger partial charge in [-0.2, -0.15) is 0 Å². The maximum absolute atomic E-state index is 12.0. The minimum absolute atomic E-state index is 0.163. The number of benzene rings is 1. The zero-order chi connectivity index (χ0) is 15.6. The van der Waals surface area contributed by atoms with Crippen molar-refractivity contribution in [3.8, 4) is 11.3 Å². The molecule has 1 aliphatic heterocycles. The predicted octanol–water partition coefficient (Wildman–Crippen LogP) is 3.04. The maximum Gasteiger partial charge on any atom is 0.232 e. The summed E-state index contributed by atoms with van der Waals surface area (Å²) in [5.74, 6) is 1.28. The highest BCUT2D eigenvalue weighted by Crippen LogP contribution is 2.27. The van der Waals surface area contributed by atoms with Crippen LogP contribution in [0.5, 0.6) is 0 Å². The Labute approximate surface area is 131 Å². The second-order valence-electron chi connectivity index (χ2n) is 5.67. The van der Waals surface area contributed by atoms with Crippen LogP contribution in [0.3, 0.4) is 0 Å². The summed E-state index contributed by atoms with van der Waals surface area (Å²) in [4.78, 5) is 4.44. The Morgan fingerprint density at radius 2 is 2.23 bits per heavy atom. The Morgan fingerprint density at radius 3 is 3.05 bits per heavy atom. The van der Waals surface area contributed by atoms with Crippen molar-refractivity contribution in [3.05, 3.63) is 36.3 Å². The lowest BCUT2D eigenvalue weighted by Crippen LogP contribution is -2.16. The third kappa shape index (κ3) is 3.16. The molecule has 0 spiro atoms. The van der Waals surface area contributed by atoms with Gasteiger partial charge >= 0.3 is 0 Å². The Balaban J connectivity index is 1.84. The summed E-state index contributed by atoms with van der Waals surface area (Å²) < 4.78 is 28.9. The van der Waals surface area contributed by atoms with Crippen LogP contribution in [0.15, 0.2) is 30.5 Å². The van der Waals surface area contributed by atoms with Crippen LogP contribution in [-0.2, 0) is 23.0 Å². The van der Waals surface area contributed by atoms with Gasteiger partial charge in [0.2, 0.25) is 10.0 Å². The second-order valence-corrected chi connectivity index (χ2v) is 7.51. The first-order valence-corrected chi connectivity index (χ1v) is 9.39. The zero-order valence-corrected chi connectivity index (χ0v) is 13.6. The lowest BCUT2D eigenvalue weighted by Gasteiger charge is -2.10. The number of fused-ring (bicyclic) bond motifs is 1. The Kier molecular flexibility index (Phi) is 4.20. The van der Waals surface area contributed by atoms with Crippen LogP contribution in [0.2, 0.25) is 0 Å². The standard InChI is InChI=1S/C16H21N3O2S/c1-2-3-10-22(20,21)18-14-7-4-6-13(11-14)15-12-17-16-8-5-9-19(15)16/h4,6-7,11-12,18H,2-3,5,8-10H2,1H3. The van der Waals surface area contributed by atoms with Crippen molar-refractivity contribution in [3.63, 3.8) is 0 Å². The van der Waals surface area contributed by atoms with Crippen LogP contribution in [0, 0.1) is 0 Å². The number of hydrogen-bond acceptors (Lipinski definition) is 3. The van der Waals surface area contributed by atoms with Gasteiger partial charge in [-0.25, -0.2) is 13.4 Å². The van der Waals surface area contributed by atoms with Crippen molar-refractivity contribution in [2.24, 2.45) is 0 Å². The van der Waals surface area contributed by atoms with Gasteiger partial charge in [0, 0.05) is 24.2 Å². The van der Waals surface area contributed by atoms with E-state index < -0.39 is 10.0 Å². The number of hydrogen-bond donors (Lipinski definition) is 1. The van der Waals surface area contributed by atoms with E-state index in [0.717, 1.165) is 42.9 Å². The van der Waals surface area contributed by atoms with E-state index in [-0.39, 0.29) is 5.75 Å². The number of aromatic nitrogens is 2. The molecule has 0 atom stereocenters. The van der Waals surface area contributed by atoms with Crippen LogP contribution in [0.25, 0.3) is 11.3 Å². The Morgan fingerprint density at radius 1 is 1.36 bits per heavy atom. The van der Waals surface area contributed by atoms with Crippen LogP contribution in [0.1, 0.15) is 32.0 Å². The van der Waals surface area contributed by atoms with Crippen LogP contribution in [-0.4, -0.2) is 23.7 Å². The number of anilines is 1. The summed E-state index contributed by atoms with van der Waals surface area (Å²) in [6.07, 6.45) is 5.55. The molecular formula is C16H21N3O2S.